The molecule has 3 heteroatoms. The van der Waals surface area contributed by atoms with Crippen molar-refractivity contribution in [1.29, 1.82) is 0 Å². The van der Waals surface area contributed by atoms with Crippen molar-refractivity contribution in [3.63, 3.8) is 0 Å². The van der Waals surface area contributed by atoms with Gasteiger partial charge in [-0.05, 0) is 38.3 Å². The molecule has 0 saturated carbocycles. The van der Waals surface area contributed by atoms with Crippen LogP contribution in [0.15, 0.2) is 29.2 Å². The van der Waals surface area contributed by atoms with Crippen molar-refractivity contribution < 1.29 is 4.74 Å². The van der Waals surface area contributed by atoms with Gasteiger partial charge < -0.3 is 10.1 Å². The summed E-state index contributed by atoms with van der Waals surface area (Å²) in [4.78, 5) is 1.20. The monoisotopic (exact) mass is 267 g/mol. The first kappa shape index (κ1) is 15.4. The molecule has 102 valence electrons. The number of nitrogens with one attached hydrogen (secondary N) is 1. The Kier molecular flexibility index (Phi) is 7.94. The van der Waals surface area contributed by atoms with Crippen molar-refractivity contribution in [2.45, 2.75) is 44.1 Å². The average Bonchev–Trinajstić information content (AvgIpc) is 2.39. The molecule has 0 radical (unpaired) electrons. The van der Waals surface area contributed by atoms with E-state index in [-0.39, 0.29) is 6.10 Å². The first-order valence-corrected chi connectivity index (χ1v) is 8.00. The van der Waals surface area contributed by atoms with Gasteiger partial charge in [0.2, 0.25) is 0 Å². The van der Waals surface area contributed by atoms with E-state index in [1.165, 1.54) is 24.2 Å². The van der Waals surface area contributed by atoms with Crippen LogP contribution in [0.2, 0.25) is 0 Å². The van der Waals surface area contributed by atoms with Crippen LogP contribution in [-0.2, 0) is 0 Å². The molecule has 0 aliphatic heterocycles. The van der Waals surface area contributed by atoms with Crippen LogP contribution in [0.3, 0.4) is 0 Å². The molecule has 18 heavy (non-hydrogen) atoms. The predicted molar refractivity (Wildman–Crippen MR) is 80.7 cm³/mol. The zero-order valence-corrected chi connectivity index (χ0v) is 12.6. The second kappa shape index (κ2) is 9.29. The van der Waals surface area contributed by atoms with Gasteiger partial charge in [-0.2, -0.15) is 0 Å². The zero-order chi connectivity index (χ0) is 13.2. The minimum absolute atomic E-state index is 0.208. The van der Waals surface area contributed by atoms with Crippen LogP contribution in [0.5, 0.6) is 5.75 Å². The molecular formula is C15H25NOS. The lowest BCUT2D eigenvalue weighted by molar-refractivity contribution is 0.212. The van der Waals surface area contributed by atoms with Gasteiger partial charge >= 0.3 is 0 Å². The molecule has 0 aliphatic rings. The third kappa shape index (κ3) is 5.78. The molecular weight excluding hydrogens is 242 g/mol. The molecule has 1 rings (SSSR count). The Morgan fingerprint density at radius 1 is 1.28 bits per heavy atom. The molecule has 0 bridgehead atoms. The van der Waals surface area contributed by atoms with Crippen molar-refractivity contribution in [3.8, 4) is 5.75 Å². The third-order valence-corrected chi connectivity index (χ3v) is 3.56. The Labute approximate surface area is 116 Å². The van der Waals surface area contributed by atoms with Crippen LogP contribution in [0.25, 0.3) is 0 Å². The highest BCUT2D eigenvalue weighted by atomic mass is 32.2. The number of rotatable bonds is 9. The van der Waals surface area contributed by atoms with Crippen LogP contribution in [0, 0.1) is 0 Å². The number of para-hydroxylation sites is 1. The van der Waals surface area contributed by atoms with E-state index in [4.69, 9.17) is 4.74 Å². The minimum atomic E-state index is 0.208. The van der Waals surface area contributed by atoms with Crippen molar-refractivity contribution in [1.82, 2.24) is 5.32 Å². The van der Waals surface area contributed by atoms with Gasteiger partial charge in [0.1, 0.15) is 11.9 Å². The van der Waals surface area contributed by atoms with E-state index < -0.39 is 0 Å². The Balaban J connectivity index is 2.28. The van der Waals surface area contributed by atoms with E-state index in [2.05, 4.69) is 31.5 Å². The zero-order valence-electron chi connectivity index (χ0n) is 11.7. The molecule has 0 spiro atoms. The highest BCUT2D eigenvalue weighted by molar-refractivity contribution is 7.98. The number of hydrogen-bond acceptors (Lipinski definition) is 3. The summed E-state index contributed by atoms with van der Waals surface area (Å²) in [6.07, 6.45) is 6.12. The summed E-state index contributed by atoms with van der Waals surface area (Å²) in [6.45, 7) is 6.34. The van der Waals surface area contributed by atoms with Gasteiger partial charge in [-0.3, -0.25) is 0 Å². The van der Waals surface area contributed by atoms with E-state index in [9.17, 15) is 0 Å². The predicted octanol–water partition coefficient (Wildman–Crippen LogP) is 3.96. The molecule has 0 saturated heterocycles. The minimum Gasteiger partial charge on any atom is -0.488 e. The summed E-state index contributed by atoms with van der Waals surface area (Å²) < 4.78 is 5.96. The Hall–Kier alpha value is -0.670. The van der Waals surface area contributed by atoms with E-state index in [1.807, 2.05) is 18.2 Å². The van der Waals surface area contributed by atoms with Crippen LogP contribution in [-0.4, -0.2) is 25.4 Å². The van der Waals surface area contributed by atoms with E-state index >= 15 is 0 Å². The molecule has 1 unspecified atom stereocenters. The summed E-state index contributed by atoms with van der Waals surface area (Å²) in [6, 6.07) is 8.21. The van der Waals surface area contributed by atoms with E-state index in [1.54, 1.807) is 11.8 Å². The molecule has 1 N–H and O–H groups in total. The third-order valence-electron chi connectivity index (χ3n) is 2.79. The van der Waals surface area contributed by atoms with Gasteiger partial charge in [0.15, 0.2) is 0 Å². The molecule has 2 nitrogen and oxygen atoms in total. The lowest BCUT2D eigenvalue weighted by Gasteiger charge is -2.17. The molecule has 0 fully saturated rings. The highest BCUT2D eigenvalue weighted by Crippen LogP contribution is 2.27. The second-order valence-electron chi connectivity index (χ2n) is 4.49. The summed E-state index contributed by atoms with van der Waals surface area (Å²) in [5, 5.41) is 3.45. The van der Waals surface area contributed by atoms with Crippen molar-refractivity contribution in [2.24, 2.45) is 0 Å². The van der Waals surface area contributed by atoms with Gasteiger partial charge in [0.25, 0.3) is 0 Å². The summed E-state index contributed by atoms with van der Waals surface area (Å²) >= 11 is 1.73. The van der Waals surface area contributed by atoms with Crippen LogP contribution in [0.1, 0.15) is 33.1 Å². The fraction of sp³-hybridized carbons (Fsp3) is 0.600. The summed E-state index contributed by atoms with van der Waals surface area (Å²) in [7, 11) is 0. The molecule has 0 aliphatic carbocycles. The Morgan fingerprint density at radius 3 is 2.78 bits per heavy atom. The SMILES string of the molecule is CCCCCNCC(C)Oc1ccccc1SC. The molecule has 0 heterocycles. The number of hydrogen-bond donors (Lipinski definition) is 1. The smallest absolute Gasteiger partial charge is 0.133 e. The normalized spacial score (nSPS) is 12.4. The van der Waals surface area contributed by atoms with Gasteiger partial charge in [-0.25, -0.2) is 0 Å². The van der Waals surface area contributed by atoms with E-state index in [0.29, 0.717) is 0 Å². The topological polar surface area (TPSA) is 21.3 Å². The molecule has 0 amide bonds. The Bertz CT molecular complexity index is 330. The summed E-state index contributed by atoms with van der Waals surface area (Å²) in [5.74, 6) is 0.993. The first-order valence-electron chi connectivity index (χ1n) is 6.78. The lowest BCUT2D eigenvalue weighted by atomic mass is 10.2. The van der Waals surface area contributed by atoms with Gasteiger partial charge in [-0.15, -0.1) is 11.8 Å². The maximum Gasteiger partial charge on any atom is 0.133 e. The fourth-order valence-electron chi connectivity index (χ4n) is 1.78. The molecule has 1 aromatic carbocycles. The molecule has 1 aromatic rings. The number of thioether (sulfide) groups is 1. The van der Waals surface area contributed by atoms with Crippen LogP contribution in [0.4, 0.5) is 0 Å². The molecule has 1 atom stereocenters. The van der Waals surface area contributed by atoms with Crippen LogP contribution >= 0.6 is 11.8 Å². The van der Waals surface area contributed by atoms with Gasteiger partial charge in [0.05, 0.1) is 0 Å². The van der Waals surface area contributed by atoms with E-state index in [0.717, 1.165) is 18.8 Å². The fourth-order valence-corrected chi connectivity index (χ4v) is 2.31. The Morgan fingerprint density at radius 2 is 2.06 bits per heavy atom. The highest BCUT2D eigenvalue weighted by Gasteiger charge is 2.06. The van der Waals surface area contributed by atoms with Crippen molar-refractivity contribution in [3.05, 3.63) is 24.3 Å². The van der Waals surface area contributed by atoms with Crippen molar-refractivity contribution in [2.75, 3.05) is 19.3 Å². The average molecular weight is 267 g/mol. The molecule has 0 aromatic heterocycles. The maximum atomic E-state index is 5.96. The standard InChI is InChI=1S/C15H25NOS/c1-4-5-8-11-16-12-13(2)17-14-9-6-7-10-15(14)18-3/h6-7,9-10,13,16H,4-5,8,11-12H2,1-3H3. The number of ether oxygens (including phenoxy) is 1. The number of unbranched alkanes of at least 4 members (excludes halogenated alkanes) is 2. The summed E-state index contributed by atoms with van der Waals surface area (Å²) in [5.41, 5.74) is 0. The number of benzene rings is 1. The lowest BCUT2D eigenvalue weighted by Crippen LogP contribution is -2.29. The first-order chi connectivity index (χ1) is 8.77. The quantitative estimate of drug-likeness (QED) is 0.540. The largest absolute Gasteiger partial charge is 0.488 e. The van der Waals surface area contributed by atoms with Crippen molar-refractivity contribution >= 4 is 11.8 Å². The second-order valence-corrected chi connectivity index (χ2v) is 5.34. The van der Waals surface area contributed by atoms with Gasteiger partial charge in [0, 0.05) is 11.4 Å². The van der Waals surface area contributed by atoms with Crippen LogP contribution < -0.4 is 10.1 Å². The maximum absolute atomic E-state index is 5.96. The van der Waals surface area contributed by atoms with Gasteiger partial charge in [-0.1, -0.05) is 31.9 Å².